The molecule has 0 heterocycles. The number of aliphatic carboxylic acids is 1. The lowest BCUT2D eigenvalue weighted by molar-refractivity contribution is -0.138. The van der Waals surface area contributed by atoms with Crippen molar-refractivity contribution in [2.75, 3.05) is 6.61 Å². The Morgan fingerprint density at radius 3 is 2.10 bits per heavy atom. The predicted molar refractivity (Wildman–Crippen MR) is 79.7 cm³/mol. The molecular weight excluding hydrogens is 268 g/mol. The van der Waals surface area contributed by atoms with Crippen LogP contribution in [0.1, 0.15) is 12.8 Å². The Bertz CT molecular complexity index is 539. The molecule has 0 fully saturated rings. The molecule has 4 heteroatoms. The molecule has 0 saturated heterocycles. The van der Waals surface area contributed by atoms with Crippen LogP contribution >= 0.6 is 0 Å². The molecule has 1 atom stereocenters. The summed E-state index contributed by atoms with van der Waals surface area (Å²) in [6, 6.07) is 18.7. The molecule has 0 radical (unpaired) electrons. The number of carboxylic acids is 1. The Hall–Kier alpha value is -2.49. The smallest absolute Gasteiger partial charge is 0.307 e. The highest BCUT2D eigenvalue weighted by Crippen LogP contribution is 2.16. The van der Waals surface area contributed by atoms with Crippen molar-refractivity contribution in [1.29, 1.82) is 0 Å². The molecule has 4 nitrogen and oxygen atoms in total. The standard InChI is InChI=1S/C17H18O4/c18-17(19)13-16(21-15-9-5-2-6-10-15)11-12-20-14-7-3-1-4-8-14/h1-10,16H,11-13H2,(H,18,19). The number of para-hydroxylation sites is 2. The second kappa shape index (κ2) is 7.94. The van der Waals surface area contributed by atoms with E-state index < -0.39 is 12.1 Å². The molecule has 110 valence electrons. The van der Waals surface area contributed by atoms with Gasteiger partial charge in [0, 0.05) is 6.42 Å². The maximum atomic E-state index is 10.9. The highest BCUT2D eigenvalue weighted by molar-refractivity contribution is 5.67. The van der Waals surface area contributed by atoms with Gasteiger partial charge in [-0.3, -0.25) is 4.79 Å². The van der Waals surface area contributed by atoms with Gasteiger partial charge in [-0.1, -0.05) is 36.4 Å². The van der Waals surface area contributed by atoms with E-state index in [1.54, 1.807) is 0 Å². The SMILES string of the molecule is O=C(O)CC(CCOc1ccccc1)Oc1ccccc1. The minimum Gasteiger partial charge on any atom is -0.493 e. The lowest BCUT2D eigenvalue weighted by Crippen LogP contribution is -2.23. The van der Waals surface area contributed by atoms with Crippen LogP contribution in [0.15, 0.2) is 60.7 Å². The number of hydrogen-bond acceptors (Lipinski definition) is 3. The topological polar surface area (TPSA) is 55.8 Å². The van der Waals surface area contributed by atoms with Crippen LogP contribution in [0.5, 0.6) is 11.5 Å². The lowest BCUT2D eigenvalue weighted by atomic mass is 10.2. The third-order valence-corrected chi connectivity index (χ3v) is 2.90. The van der Waals surface area contributed by atoms with E-state index in [0.29, 0.717) is 18.8 Å². The number of ether oxygens (including phenoxy) is 2. The van der Waals surface area contributed by atoms with E-state index >= 15 is 0 Å². The van der Waals surface area contributed by atoms with E-state index in [2.05, 4.69) is 0 Å². The van der Waals surface area contributed by atoms with Crippen LogP contribution in [0, 0.1) is 0 Å². The normalized spacial score (nSPS) is 11.6. The third-order valence-electron chi connectivity index (χ3n) is 2.90. The Morgan fingerprint density at radius 1 is 0.952 bits per heavy atom. The second-order valence-electron chi connectivity index (χ2n) is 4.60. The summed E-state index contributed by atoms with van der Waals surface area (Å²) in [6.07, 6.45) is 0.0527. The van der Waals surface area contributed by atoms with Crippen molar-refractivity contribution in [3.63, 3.8) is 0 Å². The molecule has 0 saturated carbocycles. The minimum atomic E-state index is -0.879. The number of hydrogen-bond donors (Lipinski definition) is 1. The fraction of sp³-hybridized carbons (Fsp3) is 0.235. The third kappa shape index (κ3) is 5.57. The zero-order valence-electron chi connectivity index (χ0n) is 11.6. The molecule has 2 aromatic carbocycles. The fourth-order valence-electron chi connectivity index (χ4n) is 1.91. The Kier molecular flexibility index (Phi) is 5.64. The zero-order valence-corrected chi connectivity index (χ0v) is 11.6. The van der Waals surface area contributed by atoms with Crippen molar-refractivity contribution < 1.29 is 19.4 Å². The van der Waals surface area contributed by atoms with Gasteiger partial charge in [-0.05, 0) is 24.3 Å². The molecule has 0 bridgehead atoms. The van der Waals surface area contributed by atoms with Crippen LogP contribution in [-0.4, -0.2) is 23.8 Å². The first-order chi connectivity index (χ1) is 10.2. The van der Waals surface area contributed by atoms with Crippen LogP contribution < -0.4 is 9.47 Å². The Labute approximate surface area is 123 Å². The molecule has 2 aromatic rings. The largest absolute Gasteiger partial charge is 0.493 e. The van der Waals surface area contributed by atoms with Crippen molar-refractivity contribution in [1.82, 2.24) is 0 Å². The molecule has 1 N–H and O–H groups in total. The van der Waals surface area contributed by atoms with Crippen LogP contribution in [-0.2, 0) is 4.79 Å². The zero-order chi connectivity index (χ0) is 14.9. The average Bonchev–Trinajstić information content (AvgIpc) is 2.49. The molecule has 1 unspecified atom stereocenters. The monoisotopic (exact) mass is 286 g/mol. The van der Waals surface area contributed by atoms with Crippen molar-refractivity contribution in [3.05, 3.63) is 60.7 Å². The molecule has 0 aliphatic carbocycles. The van der Waals surface area contributed by atoms with Crippen LogP contribution in [0.25, 0.3) is 0 Å². The summed E-state index contributed by atoms with van der Waals surface area (Å²) in [5.74, 6) is 0.561. The first-order valence-corrected chi connectivity index (χ1v) is 6.85. The number of rotatable bonds is 8. The van der Waals surface area contributed by atoms with E-state index in [9.17, 15) is 4.79 Å². The number of carboxylic acid groups (broad SMARTS) is 1. The number of benzene rings is 2. The Morgan fingerprint density at radius 2 is 1.52 bits per heavy atom. The van der Waals surface area contributed by atoms with Crippen LogP contribution in [0.4, 0.5) is 0 Å². The van der Waals surface area contributed by atoms with Gasteiger partial charge < -0.3 is 14.6 Å². The first kappa shape index (κ1) is 14.9. The van der Waals surface area contributed by atoms with Gasteiger partial charge in [0.05, 0.1) is 13.0 Å². The molecular formula is C17H18O4. The van der Waals surface area contributed by atoms with E-state index in [1.807, 2.05) is 60.7 Å². The van der Waals surface area contributed by atoms with Gasteiger partial charge in [0.2, 0.25) is 0 Å². The number of carbonyl (C=O) groups is 1. The Balaban J connectivity index is 1.86. The van der Waals surface area contributed by atoms with Gasteiger partial charge in [-0.15, -0.1) is 0 Å². The molecule has 2 rings (SSSR count). The molecule has 0 aliphatic heterocycles. The highest BCUT2D eigenvalue weighted by atomic mass is 16.5. The van der Waals surface area contributed by atoms with Crippen LogP contribution in [0.2, 0.25) is 0 Å². The summed E-state index contributed by atoms with van der Waals surface area (Å²) in [5, 5.41) is 8.96. The van der Waals surface area contributed by atoms with Gasteiger partial charge in [0.1, 0.15) is 17.6 Å². The van der Waals surface area contributed by atoms with Gasteiger partial charge in [0.15, 0.2) is 0 Å². The van der Waals surface area contributed by atoms with Gasteiger partial charge in [-0.2, -0.15) is 0 Å². The van der Waals surface area contributed by atoms with Gasteiger partial charge in [0.25, 0.3) is 0 Å². The van der Waals surface area contributed by atoms with Crippen molar-refractivity contribution >= 4 is 5.97 Å². The molecule has 0 spiro atoms. The summed E-state index contributed by atoms with van der Waals surface area (Å²) in [4.78, 5) is 10.9. The van der Waals surface area contributed by atoms with Gasteiger partial charge >= 0.3 is 5.97 Å². The maximum Gasteiger partial charge on any atom is 0.307 e. The molecule has 21 heavy (non-hydrogen) atoms. The fourth-order valence-corrected chi connectivity index (χ4v) is 1.91. The molecule has 0 aromatic heterocycles. The molecule has 0 aliphatic rings. The van der Waals surface area contributed by atoms with Crippen molar-refractivity contribution in [2.45, 2.75) is 18.9 Å². The summed E-state index contributed by atoms with van der Waals surface area (Å²) >= 11 is 0. The van der Waals surface area contributed by atoms with Crippen LogP contribution in [0.3, 0.4) is 0 Å². The molecule has 0 amide bonds. The summed E-state index contributed by atoms with van der Waals surface area (Å²) in [5.41, 5.74) is 0. The predicted octanol–water partition coefficient (Wildman–Crippen LogP) is 3.38. The average molecular weight is 286 g/mol. The summed E-state index contributed by atoms with van der Waals surface area (Å²) < 4.78 is 11.3. The van der Waals surface area contributed by atoms with E-state index in [1.165, 1.54) is 0 Å². The highest BCUT2D eigenvalue weighted by Gasteiger charge is 2.15. The summed E-state index contributed by atoms with van der Waals surface area (Å²) in [7, 11) is 0. The quantitative estimate of drug-likeness (QED) is 0.808. The van der Waals surface area contributed by atoms with Crippen molar-refractivity contribution in [3.8, 4) is 11.5 Å². The van der Waals surface area contributed by atoms with Gasteiger partial charge in [-0.25, -0.2) is 0 Å². The van der Waals surface area contributed by atoms with Crippen molar-refractivity contribution in [2.24, 2.45) is 0 Å². The van der Waals surface area contributed by atoms with E-state index in [-0.39, 0.29) is 6.42 Å². The second-order valence-corrected chi connectivity index (χ2v) is 4.60. The van der Waals surface area contributed by atoms with E-state index in [4.69, 9.17) is 14.6 Å². The maximum absolute atomic E-state index is 10.9. The van der Waals surface area contributed by atoms with E-state index in [0.717, 1.165) is 5.75 Å². The first-order valence-electron chi connectivity index (χ1n) is 6.85. The lowest BCUT2D eigenvalue weighted by Gasteiger charge is -2.17. The minimum absolute atomic E-state index is 0.0486. The summed E-state index contributed by atoms with van der Waals surface area (Å²) in [6.45, 7) is 0.412.